The fourth-order valence-electron chi connectivity index (χ4n) is 5.56. The molecular formula is C29H26N2O2. The molecule has 0 radical (unpaired) electrons. The maximum absolute atomic E-state index is 13.1. The quantitative estimate of drug-likeness (QED) is 0.407. The molecule has 0 N–H and O–H groups in total. The summed E-state index contributed by atoms with van der Waals surface area (Å²) in [6, 6.07) is 28.1. The predicted octanol–water partition coefficient (Wildman–Crippen LogP) is 5.21. The zero-order chi connectivity index (χ0) is 23.0. The van der Waals surface area contributed by atoms with Gasteiger partial charge in [0, 0.05) is 32.9 Å². The largest absolute Gasteiger partial charge is 0.854 e. The number of aromatic nitrogens is 2. The van der Waals surface area contributed by atoms with Gasteiger partial charge in [-0.2, -0.15) is 0 Å². The molecule has 1 aliphatic carbocycles. The summed E-state index contributed by atoms with van der Waals surface area (Å²) in [5.41, 5.74) is 3.18. The molecule has 1 saturated carbocycles. The third kappa shape index (κ3) is 2.46. The highest BCUT2D eigenvalue weighted by Crippen LogP contribution is 2.71. The lowest BCUT2D eigenvalue weighted by atomic mass is 9.82. The Kier molecular flexibility index (Phi) is 3.90. The molecule has 0 bridgehead atoms. The van der Waals surface area contributed by atoms with E-state index >= 15 is 0 Å². The first-order chi connectivity index (χ1) is 15.8. The molecule has 1 aromatic heterocycles. The van der Waals surface area contributed by atoms with Gasteiger partial charge in [-0.3, -0.25) is 0 Å². The number of benzene rings is 3. The summed E-state index contributed by atoms with van der Waals surface area (Å²) in [5, 5.41) is 19.1. The second kappa shape index (κ2) is 6.44. The zero-order valence-electron chi connectivity index (χ0n) is 19.3. The standard InChI is InChI=1S/C29H26N2O2/c1-27(2)23(28(27,3)4)24-29(19-13-7-5-8-14-19,20-15-9-6-10-16-20)33-26-22-18-12-11-17-21(22)25(32)30-31(24)26/h5-18H,1-4H3. The molecule has 0 atom stereocenters. The fourth-order valence-corrected chi connectivity index (χ4v) is 5.56. The van der Waals surface area contributed by atoms with Gasteiger partial charge in [-0.25, -0.2) is 0 Å². The number of rotatable bonds is 2. The van der Waals surface area contributed by atoms with E-state index in [1.165, 1.54) is 5.57 Å². The van der Waals surface area contributed by atoms with Crippen molar-refractivity contribution >= 4 is 16.5 Å². The van der Waals surface area contributed by atoms with Crippen LogP contribution in [-0.4, -0.2) is 5.10 Å². The van der Waals surface area contributed by atoms with Crippen LogP contribution in [0.2, 0.25) is 0 Å². The molecule has 4 aromatic rings. The van der Waals surface area contributed by atoms with E-state index in [0.717, 1.165) is 22.2 Å². The monoisotopic (exact) mass is 434 g/mol. The third-order valence-electron chi connectivity index (χ3n) is 7.91. The lowest BCUT2D eigenvalue weighted by Crippen LogP contribution is -2.42. The SMILES string of the molecule is CC1(C)C(=C2[n+]3nc([O-])c4ccccc4c3OC2(c2ccccc2)c2ccccc2)C1(C)C. The van der Waals surface area contributed by atoms with Gasteiger partial charge in [-0.15, -0.1) is 0 Å². The van der Waals surface area contributed by atoms with Crippen LogP contribution >= 0.6 is 0 Å². The van der Waals surface area contributed by atoms with Crippen LogP contribution in [0.5, 0.6) is 11.8 Å². The maximum atomic E-state index is 13.1. The summed E-state index contributed by atoms with van der Waals surface area (Å²) in [4.78, 5) is 0. The molecule has 2 heterocycles. The van der Waals surface area contributed by atoms with Crippen LogP contribution in [-0.2, 0) is 5.60 Å². The molecule has 0 saturated heterocycles. The minimum atomic E-state index is -0.917. The highest BCUT2D eigenvalue weighted by molar-refractivity contribution is 5.90. The first-order valence-corrected chi connectivity index (χ1v) is 11.4. The summed E-state index contributed by atoms with van der Waals surface area (Å²) >= 11 is 0. The number of hydrogen-bond acceptors (Lipinski definition) is 3. The van der Waals surface area contributed by atoms with Crippen molar-refractivity contribution in [1.82, 2.24) is 5.10 Å². The molecule has 6 rings (SSSR count). The molecule has 33 heavy (non-hydrogen) atoms. The molecule has 0 unspecified atom stereocenters. The maximum Gasteiger partial charge on any atom is 0.409 e. The van der Waals surface area contributed by atoms with Gasteiger partial charge in [0.1, 0.15) is 0 Å². The van der Waals surface area contributed by atoms with Gasteiger partial charge in [0.15, 0.2) is 0 Å². The van der Waals surface area contributed by atoms with Gasteiger partial charge in [0.05, 0.1) is 11.3 Å². The average molecular weight is 435 g/mol. The Morgan fingerprint density at radius 3 is 1.70 bits per heavy atom. The first kappa shape index (κ1) is 20.0. The van der Waals surface area contributed by atoms with E-state index in [1.54, 1.807) is 4.68 Å². The highest BCUT2D eigenvalue weighted by atomic mass is 16.5. The van der Waals surface area contributed by atoms with E-state index in [9.17, 15) is 5.11 Å². The van der Waals surface area contributed by atoms with Crippen LogP contribution in [0.4, 0.5) is 0 Å². The predicted molar refractivity (Wildman–Crippen MR) is 126 cm³/mol. The lowest BCUT2D eigenvalue weighted by Gasteiger charge is -2.26. The van der Waals surface area contributed by atoms with E-state index in [4.69, 9.17) is 4.74 Å². The third-order valence-corrected chi connectivity index (χ3v) is 7.91. The molecule has 1 fully saturated rings. The second-order valence-electron chi connectivity index (χ2n) is 10.1. The topological polar surface area (TPSA) is 49.1 Å². The average Bonchev–Trinajstić information content (AvgIpc) is 3.07. The Morgan fingerprint density at radius 1 is 0.697 bits per heavy atom. The van der Waals surface area contributed by atoms with Crippen molar-refractivity contribution in [3.8, 4) is 11.8 Å². The minimum absolute atomic E-state index is 0.0640. The van der Waals surface area contributed by atoms with Crippen molar-refractivity contribution in [1.29, 1.82) is 0 Å². The molecule has 0 amide bonds. The van der Waals surface area contributed by atoms with Crippen molar-refractivity contribution < 1.29 is 14.5 Å². The van der Waals surface area contributed by atoms with Gasteiger partial charge >= 0.3 is 5.88 Å². The van der Waals surface area contributed by atoms with Gasteiger partial charge in [-0.05, 0) is 15.8 Å². The van der Waals surface area contributed by atoms with Gasteiger partial charge in [0.25, 0.3) is 11.3 Å². The summed E-state index contributed by atoms with van der Waals surface area (Å²) in [5.74, 6) is 0.364. The molecule has 2 aliphatic rings. The lowest BCUT2D eigenvalue weighted by molar-refractivity contribution is -0.644. The summed E-state index contributed by atoms with van der Waals surface area (Å²) in [6.07, 6.45) is 0. The summed E-state index contributed by atoms with van der Waals surface area (Å²) in [7, 11) is 0. The van der Waals surface area contributed by atoms with Gasteiger partial charge in [-0.1, -0.05) is 107 Å². The van der Waals surface area contributed by atoms with E-state index < -0.39 is 5.60 Å². The van der Waals surface area contributed by atoms with Crippen LogP contribution in [0.25, 0.3) is 16.5 Å². The van der Waals surface area contributed by atoms with Crippen LogP contribution < -0.4 is 14.5 Å². The fraction of sp³-hybridized carbons (Fsp3) is 0.241. The molecule has 4 heteroatoms. The summed E-state index contributed by atoms with van der Waals surface area (Å²) < 4.78 is 8.83. The number of allylic oxidation sites excluding steroid dienone is 1. The second-order valence-corrected chi connectivity index (χ2v) is 10.1. The number of nitrogens with zero attached hydrogens (tertiary/aromatic N) is 2. The van der Waals surface area contributed by atoms with Crippen molar-refractivity contribution in [2.45, 2.75) is 33.3 Å². The Morgan fingerprint density at radius 2 is 1.18 bits per heavy atom. The molecule has 164 valence electrons. The zero-order valence-corrected chi connectivity index (χ0v) is 19.3. The number of fused-ring (bicyclic) bond motifs is 3. The normalized spacial score (nSPS) is 19.3. The first-order valence-electron chi connectivity index (χ1n) is 11.4. The van der Waals surface area contributed by atoms with Crippen LogP contribution in [0.3, 0.4) is 0 Å². The van der Waals surface area contributed by atoms with Crippen LogP contribution in [0.1, 0.15) is 38.8 Å². The smallest absolute Gasteiger partial charge is 0.409 e. The molecule has 1 aliphatic heterocycles. The summed E-state index contributed by atoms with van der Waals surface area (Å²) in [6.45, 7) is 9.03. The van der Waals surface area contributed by atoms with Crippen LogP contribution in [0.15, 0.2) is 90.5 Å². The molecule has 3 aromatic carbocycles. The van der Waals surface area contributed by atoms with E-state index in [1.807, 2.05) is 60.7 Å². The van der Waals surface area contributed by atoms with Crippen molar-refractivity contribution in [3.63, 3.8) is 0 Å². The van der Waals surface area contributed by atoms with Gasteiger partial charge in [0.2, 0.25) is 0 Å². The van der Waals surface area contributed by atoms with E-state index in [0.29, 0.717) is 11.3 Å². The number of ether oxygens (including phenoxy) is 1. The Balaban J connectivity index is 1.80. The molecule has 4 nitrogen and oxygen atoms in total. The Labute approximate surface area is 193 Å². The highest BCUT2D eigenvalue weighted by Gasteiger charge is 2.70. The molecular weight excluding hydrogens is 408 g/mol. The van der Waals surface area contributed by atoms with Crippen LogP contribution in [0, 0.1) is 10.8 Å². The molecule has 0 spiro atoms. The Bertz CT molecular complexity index is 1380. The van der Waals surface area contributed by atoms with E-state index in [-0.39, 0.29) is 16.7 Å². The van der Waals surface area contributed by atoms with Crippen molar-refractivity contribution in [2.75, 3.05) is 0 Å². The number of hydrogen-bond donors (Lipinski definition) is 0. The van der Waals surface area contributed by atoms with Crippen molar-refractivity contribution in [3.05, 3.63) is 102 Å². The van der Waals surface area contributed by atoms with Gasteiger partial charge < -0.3 is 9.84 Å². The van der Waals surface area contributed by atoms with E-state index in [2.05, 4.69) is 57.1 Å². The minimum Gasteiger partial charge on any atom is -0.854 e. The van der Waals surface area contributed by atoms with Crippen molar-refractivity contribution in [2.24, 2.45) is 10.8 Å². The Hall–Kier alpha value is -3.66.